The minimum atomic E-state index is -0.0959. The number of ether oxygens (including phenoxy) is 1. The van der Waals surface area contributed by atoms with E-state index < -0.39 is 0 Å². The van der Waals surface area contributed by atoms with Crippen LogP contribution in [0.4, 0.5) is 5.69 Å². The van der Waals surface area contributed by atoms with Crippen LogP contribution in [0.15, 0.2) is 83.9 Å². The Labute approximate surface area is 201 Å². The van der Waals surface area contributed by atoms with Gasteiger partial charge in [-0.15, -0.1) is 12.4 Å². The van der Waals surface area contributed by atoms with Gasteiger partial charge in [0.15, 0.2) is 0 Å². The second-order valence-electron chi connectivity index (χ2n) is 7.69. The number of nitrogens with one attached hydrogen (secondary N) is 1. The topological polar surface area (TPSA) is 53.9 Å². The number of rotatable bonds is 6. The Kier molecular flexibility index (Phi) is 8.28. The van der Waals surface area contributed by atoms with Gasteiger partial charge in [-0.1, -0.05) is 48.5 Å². The number of hydrogen-bond acceptors (Lipinski definition) is 4. The summed E-state index contributed by atoms with van der Waals surface area (Å²) in [6.07, 6.45) is 4.09. The first-order valence-electron chi connectivity index (χ1n) is 10.7. The third-order valence-electron chi connectivity index (χ3n) is 5.53. The maximum absolute atomic E-state index is 12.5. The third kappa shape index (κ3) is 6.02. The van der Waals surface area contributed by atoms with Crippen LogP contribution in [-0.2, 0) is 6.54 Å². The number of methoxy groups -OCH3 is 1. The van der Waals surface area contributed by atoms with E-state index in [0.29, 0.717) is 12.1 Å². The summed E-state index contributed by atoms with van der Waals surface area (Å²) >= 11 is 0. The molecule has 0 saturated heterocycles. The molecule has 6 heteroatoms. The summed E-state index contributed by atoms with van der Waals surface area (Å²) < 4.78 is 5.16. The van der Waals surface area contributed by atoms with E-state index in [1.54, 1.807) is 7.11 Å². The number of nitrogens with zero attached hydrogens (tertiary/aromatic N) is 2. The highest BCUT2D eigenvalue weighted by molar-refractivity contribution is 6.14. The fourth-order valence-corrected chi connectivity index (χ4v) is 3.64. The van der Waals surface area contributed by atoms with E-state index in [1.165, 1.54) is 5.69 Å². The van der Waals surface area contributed by atoms with Gasteiger partial charge in [0, 0.05) is 37.0 Å². The first-order valence-corrected chi connectivity index (χ1v) is 10.7. The molecular weight excluding hydrogens is 434 g/mol. The molecule has 1 amide bonds. The molecule has 0 aliphatic carbocycles. The molecule has 4 rings (SSSR count). The molecule has 170 valence electrons. The Morgan fingerprint density at radius 2 is 1.76 bits per heavy atom. The summed E-state index contributed by atoms with van der Waals surface area (Å²) in [5.74, 6) is 0.704. The number of fused-ring (bicyclic) bond motifs is 1. The lowest BCUT2D eigenvalue weighted by atomic mass is 10.0. The summed E-state index contributed by atoms with van der Waals surface area (Å²) in [4.78, 5) is 19.5. The van der Waals surface area contributed by atoms with Crippen LogP contribution >= 0.6 is 12.4 Å². The van der Waals surface area contributed by atoms with Crippen molar-refractivity contribution < 1.29 is 9.53 Å². The van der Waals surface area contributed by atoms with E-state index in [9.17, 15) is 4.79 Å². The van der Waals surface area contributed by atoms with Crippen LogP contribution < -0.4 is 15.0 Å². The maximum atomic E-state index is 12.5. The van der Waals surface area contributed by atoms with Gasteiger partial charge in [-0.2, -0.15) is 0 Å². The first-order chi connectivity index (χ1) is 15.6. The molecule has 0 atom stereocenters. The monoisotopic (exact) mass is 461 g/mol. The fourth-order valence-electron chi connectivity index (χ4n) is 3.64. The average Bonchev–Trinajstić information content (AvgIpc) is 3.00. The van der Waals surface area contributed by atoms with Crippen LogP contribution in [0.2, 0.25) is 0 Å². The predicted molar refractivity (Wildman–Crippen MR) is 138 cm³/mol. The molecule has 1 aliphatic rings. The molecule has 0 spiro atoms. The summed E-state index contributed by atoms with van der Waals surface area (Å²) in [6, 6.07) is 23.6. The molecule has 0 unspecified atom stereocenters. The van der Waals surface area contributed by atoms with Crippen molar-refractivity contribution in [3.05, 3.63) is 101 Å². The smallest absolute Gasteiger partial charge is 0.251 e. The van der Waals surface area contributed by atoms with Crippen molar-refractivity contribution in [3.8, 4) is 5.75 Å². The second kappa shape index (κ2) is 11.3. The van der Waals surface area contributed by atoms with E-state index in [2.05, 4.69) is 41.5 Å². The van der Waals surface area contributed by atoms with E-state index in [1.807, 2.05) is 60.7 Å². The van der Waals surface area contributed by atoms with E-state index >= 15 is 0 Å². The van der Waals surface area contributed by atoms with Gasteiger partial charge in [0.2, 0.25) is 0 Å². The van der Waals surface area contributed by atoms with Gasteiger partial charge in [0.05, 0.1) is 19.4 Å². The number of likely N-dealkylation sites (N-methyl/N-ethyl adjacent to an activating group) is 1. The van der Waals surface area contributed by atoms with Crippen LogP contribution in [0.5, 0.6) is 5.75 Å². The number of para-hydroxylation sites is 1. The molecule has 1 heterocycles. The van der Waals surface area contributed by atoms with Crippen molar-refractivity contribution in [1.29, 1.82) is 0 Å². The summed E-state index contributed by atoms with van der Waals surface area (Å²) in [5.41, 5.74) is 5.99. The normalized spacial score (nSPS) is 12.9. The minimum Gasteiger partial charge on any atom is -0.497 e. The maximum Gasteiger partial charge on any atom is 0.251 e. The summed E-state index contributed by atoms with van der Waals surface area (Å²) in [6.45, 7) is 2.13. The van der Waals surface area contributed by atoms with Gasteiger partial charge in [0.25, 0.3) is 5.91 Å². The third-order valence-corrected chi connectivity index (χ3v) is 5.53. The molecule has 0 saturated carbocycles. The molecule has 0 aromatic heterocycles. The number of halogens is 1. The van der Waals surface area contributed by atoms with E-state index in [4.69, 9.17) is 9.73 Å². The zero-order valence-corrected chi connectivity index (χ0v) is 19.6. The molecule has 5 nitrogen and oxygen atoms in total. The lowest BCUT2D eigenvalue weighted by molar-refractivity contribution is 0.0951. The Balaban J connectivity index is 0.00000306. The number of anilines is 1. The lowest BCUT2D eigenvalue weighted by Crippen LogP contribution is -2.22. The second-order valence-corrected chi connectivity index (χ2v) is 7.69. The zero-order valence-electron chi connectivity index (χ0n) is 18.8. The van der Waals surface area contributed by atoms with Gasteiger partial charge >= 0.3 is 0 Å². The number of benzodiazepines with no additional fused rings is 1. The van der Waals surface area contributed by atoms with Crippen LogP contribution in [0.3, 0.4) is 0 Å². The number of aliphatic imine (C=N–C) groups is 1. The van der Waals surface area contributed by atoms with Gasteiger partial charge in [0.1, 0.15) is 5.75 Å². The first kappa shape index (κ1) is 24.1. The van der Waals surface area contributed by atoms with Crippen LogP contribution in [0, 0.1) is 0 Å². The summed E-state index contributed by atoms with van der Waals surface area (Å²) in [7, 11) is 3.73. The molecule has 0 fully saturated rings. The molecule has 1 aliphatic heterocycles. The Morgan fingerprint density at radius 1 is 1.03 bits per heavy atom. The fraction of sp³-hybridized carbons (Fsp3) is 0.185. The summed E-state index contributed by atoms with van der Waals surface area (Å²) in [5, 5.41) is 2.96. The standard InChI is InChI=1S/C27H27N3O2.ClH/c1-30-18-17-28-25(24-5-3-4-6-26(24)30)16-11-20-7-12-22(13-8-20)27(31)29-19-21-9-14-23(32-2)15-10-21;/h3-16H,17-19H2,1-2H3,(H,29,31);1H. The average molecular weight is 462 g/mol. The number of carbonyl (C=O) groups excluding carboxylic acids is 1. The quantitative estimate of drug-likeness (QED) is 0.562. The van der Waals surface area contributed by atoms with Crippen molar-refractivity contribution in [3.63, 3.8) is 0 Å². The SMILES string of the molecule is COc1ccc(CNC(=O)c2ccc(C=CC3=NCCN(C)c4ccccc43)cc2)cc1.Cl. The number of hydrogen-bond donors (Lipinski definition) is 1. The molecule has 3 aromatic carbocycles. The van der Waals surface area contributed by atoms with Crippen molar-refractivity contribution in [2.45, 2.75) is 6.54 Å². The van der Waals surface area contributed by atoms with Gasteiger partial charge < -0.3 is 15.0 Å². The molecular formula is C27H28ClN3O2. The Morgan fingerprint density at radius 3 is 2.48 bits per heavy atom. The Bertz CT molecular complexity index is 1140. The zero-order chi connectivity index (χ0) is 22.3. The molecule has 3 aromatic rings. The van der Waals surface area contributed by atoms with Crippen molar-refractivity contribution in [1.82, 2.24) is 5.32 Å². The highest BCUT2D eigenvalue weighted by Gasteiger charge is 2.13. The van der Waals surface area contributed by atoms with E-state index in [0.717, 1.165) is 41.2 Å². The van der Waals surface area contributed by atoms with Crippen molar-refractivity contribution in [2.24, 2.45) is 4.99 Å². The molecule has 1 N–H and O–H groups in total. The highest BCUT2D eigenvalue weighted by atomic mass is 35.5. The number of allylic oxidation sites excluding steroid dienone is 1. The van der Waals surface area contributed by atoms with Crippen molar-refractivity contribution >= 4 is 35.8 Å². The van der Waals surface area contributed by atoms with Crippen LogP contribution in [0.1, 0.15) is 27.0 Å². The highest BCUT2D eigenvalue weighted by Crippen LogP contribution is 2.23. The van der Waals surface area contributed by atoms with E-state index in [-0.39, 0.29) is 18.3 Å². The number of benzene rings is 3. The molecule has 0 radical (unpaired) electrons. The van der Waals surface area contributed by atoms with Gasteiger partial charge in [-0.05, 0) is 47.5 Å². The number of carbonyl (C=O) groups is 1. The van der Waals surface area contributed by atoms with Gasteiger partial charge in [-0.25, -0.2) is 0 Å². The predicted octanol–water partition coefficient (Wildman–Crippen LogP) is 5.00. The number of amides is 1. The lowest BCUT2D eigenvalue weighted by Gasteiger charge is -2.18. The minimum absolute atomic E-state index is 0. The van der Waals surface area contributed by atoms with Crippen LogP contribution in [0.25, 0.3) is 6.08 Å². The van der Waals surface area contributed by atoms with Crippen molar-refractivity contribution in [2.75, 3.05) is 32.1 Å². The molecule has 33 heavy (non-hydrogen) atoms. The largest absolute Gasteiger partial charge is 0.497 e. The van der Waals surface area contributed by atoms with Gasteiger partial charge in [-0.3, -0.25) is 9.79 Å². The Hall–Kier alpha value is -3.57. The molecule has 0 bridgehead atoms. The van der Waals surface area contributed by atoms with Crippen LogP contribution in [-0.4, -0.2) is 38.9 Å².